The zero-order valence-electron chi connectivity index (χ0n) is 17.7. The number of benzene rings is 5. The number of rotatable bonds is 2. The van der Waals surface area contributed by atoms with Gasteiger partial charge >= 0.3 is 0 Å². The molecule has 0 saturated heterocycles. The van der Waals surface area contributed by atoms with Gasteiger partial charge in [0.2, 0.25) is 0 Å². The van der Waals surface area contributed by atoms with Crippen LogP contribution in [0.4, 0.5) is 0 Å². The van der Waals surface area contributed by atoms with Crippen molar-refractivity contribution in [1.82, 2.24) is 0 Å². The van der Waals surface area contributed by atoms with Gasteiger partial charge in [0.05, 0.1) is 0 Å². The van der Waals surface area contributed by atoms with E-state index in [0.717, 1.165) is 38.2 Å². The van der Waals surface area contributed by atoms with Gasteiger partial charge in [0.25, 0.3) is 6.29 Å². The molecule has 3 nitrogen and oxygen atoms in total. The van der Waals surface area contributed by atoms with Crippen LogP contribution in [0.3, 0.4) is 0 Å². The molecular formula is C29H22O3. The molecule has 0 aromatic heterocycles. The summed E-state index contributed by atoms with van der Waals surface area (Å²) in [4.78, 5) is 0. The monoisotopic (exact) mass is 418 g/mol. The Balaban J connectivity index is 1.66. The quantitative estimate of drug-likeness (QED) is 0.348. The molecule has 156 valence electrons. The highest BCUT2D eigenvalue weighted by atomic mass is 16.7. The lowest BCUT2D eigenvalue weighted by molar-refractivity contribution is -0.148. The summed E-state index contributed by atoms with van der Waals surface area (Å²) in [7, 11) is 0. The van der Waals surface area contributed by atoms with Gasteiger partial charge in [0, 0.05) is 11.1 Å². The van der Waals surface area contributed by atoms with Crippen LogP contribution in [0.15, 0.2) is 103 Å². The lowest BCUT2D eigenvalue weighted by Gasteiger charge is -2.32. The molecule has 1 atom stereocenters. The van der Waals surface area contributed by atoms with E-state index in [2.05, 4.69) is 36.4 Å². The maximum atomic E-state index is 11.6. The fourth-order valence-electron chi connectivity index (χ4n) is 4.61. The molecule has 0 bridgehead atoms. The van der Waals surface area contributed by atoms with Crippen LogP contribution in [-0.4, -0.2) is 11.4 Å². The molecule has 32 heavy (non-hydrogen) atoms. The Bertz CT molecular complexity index is 1370. The Morgan fingerprint density at radius 1 is 0.594 bits per heavy atom. The highest BCUT2D eigenvalue weighted by Gasteiger charge is 2.40. The second kappa shape index (κ2) is 7.11. The molecule has 1 heterocycles. The molecule has 0 spiro atoms. The van der Waals surface area contributed by atoms with Gasteiger partial charge in [-0.2, -0.15) is 0 Å². The molecule has 0 saturated carbocycles. The second-order valence-electron chi connectivity index (χ2n) is 8.40. The first-order valence-corrected chi connectivity index (χ1v) is 10.8. The minimum Gasteiger partial charge on any atom is -0.451 e. The van der Waals surface area contributed by atoms with Crippen LogP contribution in [-0.2, 0) is 5.60 Å². The van der Waals surface area contributed by atoms with E-state index in [9.17, 15) is 5.11 Å². The number of hydrogen-bond donors (Lipinski definition) is 1. The highest BCUT2D eigenvalue weighted by Crippen LogP contribution is 2.49. The van der Waals surface area contributed by atoms with Crippen LogP contribution in [0.5, 0.6) is 11.5 Å². The fourth-order valence-corrected chi connectivity index (χ4v) is 4.61. The van der Waals surface area contributed by atoms with Crippen molar-refractivity contribution in [1.29, 1.82) is 0 Å². The Hall–Kier alpha value is -3.82. The van der Waals surface area contributed by atoms with Crippen molar-refractivity contribution < 1.29 is 14.6 Å². The molecule has 6 rings (SSSR count). The van der Waals surface area contributed by atoms with Crippen LogP contribution in [0.2, 0.25) is 0 Å². The molecule has 3 heteroatoms. The minimum atomic E-state index is -1.36. The van der Waals surface area contributed by atoms with Crippen molar-refractivity contribution in [2.75, 3.05) is 0 Å². The lowest BCUT2D eigenvalue weighted by atomic mass is 9.92. The van der Waals surface area contributed by atoms with E-state index in [4.69, 9.17) is 9.47 Å². The summed E-state index contributed by atoms with van der Waals surface area (Å²) in [5.74, 6) is 1.39. The van der Waals surface area contributed by atoms with Gasteiger partial charge in [0.15, 0.2) is 5.60 Å². The zero-order valence-corrected chi connectivity index (χ0v) is 17.7. The van der Waals surface area contributed by atoms with Gasteiger partial charge in [-0.3, -0.25) is 0 Å². The average Bonchev–Trinajstić information content (AvgIpc) is 3.02. The molecule has 0 unspecified atom stereocenters. The van der Waals surface area contributed by atoms with Crippen molar-refractivity contribution in [3.05, 3.63) is 109 Å². The third-order valence-electron chi connectivity index (χ3n) is 6.32. The molecule has 0 fully saturated rings. The Morgan fingerprint density at radius 2 is 1.06 bits per heavy atom. The number of aliphatic hydroxyl groups is 1. The number of ether oxygens (including phenoxy) is 2. The van der Waals surface area contributed by atoms with E-state index in [1.165, 1.54) is 0 Å². The fraction of sp³-hybridized carbons (Fsp3) is 0.103. The Morgan fingerprint density at radius 3 is 1.59 bits per heavy atom. The molecule has 0 amide bonds. The van der Waals surface area contributed by atoms with E-state index < -0.39 is 11.9 Å². The van der Waals surface area contributed by atoms with Gasteiger partial charge in [-0.1, -0.05) is 91.0 Å². The first kappa shape index (κ1) is 18.9. The summed E-state index contributed by atoms with van der Waals surface area (Å²) in [6.07, 6.45) is -0.924. The van der Waals surface area contributed by atoms with Crippen LogP contribution >= 0.6 is 0 Å². The summed E-state index contributed by atoms with van der Waals surface area (Å²) in [5.41, 5.74) is 1.34. The van der Waals surface area contributed by atoms with Crippen molar-refractivity contribution in [2.24, 2.45) is 0 Å². The molecular weight excluding hydrogens is 396 g/mol. The van der Waals surface area contributed by atoms with Crippen molar-refractivity contribution in [2.45, 2.75) is 18.8 Å². The zero-order chi connectivity index (χ0) is 21.7. The van der Waals surface area contributed by atoms with E-state index in [1.807, 2.05) is 66.7 Å². The molecule has 0 radical (unpaired) electrons. The Kier molecular flexibility index (Phi) is 4.20. The summed E-state index contributed by atoms with van der Waals surface area (Å²) in [6, 6.07) is 34.2. The molecule has 0 aliphatic carbocycles. The SMILES string of the molecule is C[C@@](O)(c1ccccc1)C1Oc2ccc3ccccc3c2-c2c(ccc3ccccc23)O1. The van der Waals surface area contributed by atoms with Crippen LogP contribution in [0.25, 0.3) is 32.7 Å². The summed E-state index contributed by atoms with van der Waals surface area (Å²) < 4.78 is 12.9. The topological polar surface area (TPSA) is 38.7 Å². The van der Waals surface area contributed by atoms with Crippen molar-refractivity contribution in [3.63, 3.8) is 0 Å². The molecule has 1 N–H and O–H groups in total. The summed E-state index contributed by atoms with van der Waals surface area (Å²) in [6.45, 7) is 1.74. The molecule has 5 aromatic carbocycles. The third-order valence-corrected chi connectivity index (χ3v) is 6.32. The number of fused-ring (bicyclic) bond motifs is 7. The third kappa shape index (κ3) is 2.86. The van der Waals surface area contributed by atoms with Crippen molar-refractivity contribution in [3.8, 4) is 22.6 Å². The first-order chi connectivity index (χ1) is 15.6. The van der Waals surface area contributed by atoms with E-state index in [0.29, 0.717) is 11.5 Å². The summed E-state index contributed by atoms with van der Waals surface area (Å²) >= 11 is 0. The Labute approximate surface area is 186 Å². The van der Waals surface area contributed by atoms with Gasteiger partial charge in [-0.05, 0) is 46.2 Å². The first-order valence-electron chi connectivity index (χ1n) is 10.8. The maximum absolute atomic E-state index is 11.6. The van der Waals surface area contributed by atoms with Crippen LogP contribution in [0, 0.1) is 0 Å². The van der Waals surface area contributed by atoms with Gasteiger partial charge in [-0.25, -0.2) is 0 Å². The molecule has 1 aliphatic heterocycles. The van der Waals surface area contributed by atoms with E-state index in [1.54, 1.807) is 6.92 Å². The predicted octanol–water partition coefficient (Wildman–Crippen LogP) is 6.67. The standard InChI is InChI=1S/C29H22O3/c1-29(30,21-11-3-2-4-12-21)28-31-24-17-15-19-9-5-7-13-22(19)26(24)27-23-14-8-6-10-20(23)16-18-25(27)32-28/h2-18,28,30H,1H3/t29-/m1/s1. The van der Waals surface area contributed by atoms with Gasteiger partial charge in [-0.15, -0.1) is 0 Å². The van der Waals surface area contributed by atoms with E-state index in [-0.39, 0.29) is 0 Å². The maximum Gasteiger partial charge on any atom is 0.273 e. The van der Waals surface area contributed by atoms with Gasteiger partial charge < -0.3 is 14.6 Å². The smallest absolute Gasteiger partial charge is 0.273 e. The van der Waals surface area contributed by atoms with Gasteiger partial charge in [0.1, 0.15) is 11.5 Å². The van der Waals surface area contributed by atoms with E-state index >= 15 is 0 Å². The number of hydrogen-bond acceptors (Lipinski definition) is 3. The lowest BCUT2D eigenvalue weighted by Crippen LogP contribution is -2.44. The minimum absolute atomic E-state index is 0.694. The molecule has 1 aliphatic rings. The molecule has 5 aromatic rings. The van der Waals surface area contributed by atoms with Crippen LogP contribution < -0.4 is 9.47 Å². The largest absolute Gasteiger partial charge is 0.451 e. The second-order valence-corrected chi connectivity index (χ2v) is 8.40. The van der Waals surface area contributed by atoms with Crippen molar-refractivity contribution >= 4 is 21.5 Å². The summed E-state index contributed by atoms with van der Waals surface area (Å²) in [5, 5.41) is 16.0. The predicted molar refractivity (Wildman–Crippen MR) is 128 cm³/mol. The normalized spacial score (nSPS) is 15.2. The average molecular weight is 418 g/mol. The highest BCUT2D eigenvalue weighted by molar-refractivity contribution is 6.09. The van der Waals surface area contributed by atoms with Crippen LogP contribution in [0.1, 0.15) is 12.5 Å².